The number of carboxylic acid groups (broad SMARTS) is 1. The van der Waals surface area contributed by atoms with Crippen molar-refractivity contribution in [2.45, 2.75) is 25.9 Å². The highest BCUT2D eigenvalue weighted by Crippen LogP contribution is 2.46. The van der Waals surface area contributed by atoms with Gasteiger partial charge in [-0.05, 0) is 38.0 Å². The largest absolute Gasteiger partial charge is 0.489 e. The first-order valence-electron chi connectivity index (χ1n) is 6.38. The fraction of sp³-hybridized carbons (Fsp3) is 0.429. The molecule has 5 nitrogen and oxygen atoms in total. The first kappa shape index (κ1) is 14.7. The van der Waals surface area contributed by atoms with Crippen molar-refractivity contribution in [3.8, 4) is 5.75 Å². The van der Waals surface area contributed by atoms with Gasteiger partial charge in [-0.25, -0.2) is 0 Å². The fourth-order valence-corrected chi connectivity index (χ4v) is 2.06. The summed E-state index contributed by atoms with van der Waals surface area (Å²) in [6.07, 6.45) is 0.525. The van der Waals surface area contributed by atoms with E-state index in [0.29, 0.717) is 23.6 Å². The minimum atomic E-state index is -1.21. The van der Waals surface area contributed by atoms with Crippen molar-refractivity contribution in [3.63, 3.8) is 0 Å². The Morgan fingerprint density at radius 2 is 2.20 bits per heavy atom. The number of carbonyl (C=O) groups is 2. The highest BCUT2D eigenvalue weighted by Gasteiger charge is 2.56. The predicted octanol–water partition coefficient (Wildman–Crippen LogP) is 2.09. The number of benzene rings is 1. The lowest BCUT2D eigenvalue weighted by Gasteiger charge is -2.17. The molecule has 0 aromatic heterocycles. The van der Waals surface area contributed by atoms with Crippen LogP contribution in [-0.4, -0.2) is 29.6 Å². The Kier molecular flexibility index (Phi) is 4.18. The zero-order valence-corrected chi connectivity index (χ0v) is 11.8. The molecule has 0 heterocycles. The molecule has 1 aromatic carbocycles. The maximum Gasteiger partial charge on any atom is 0.319 e. The first-order valence-corrected chi connectivity index (χ1v) is 6.76. The molecule has 1 fully saturated rings. The smallest absolute Gasteiger partial charge is 0.319 e. The third kappa shape index (κ3) is 3.22. The van der Waals surface area contributed by atoms with Crippen LogP contribution in [0.4, 0.5) is 0 Å². The van der Waals surface area contributed by atoms with E-state index in [1.165, 1.54) is 0 Å². The Morgan fingerprint density at radius 1 is 1.50 bits per heavy atom. The maximum atomic E-state index is 11.8. The van der Waals surface area contributed by atoms with Gasteiger partial charge in [-0.3, -0.25) is 9.59 Å². The molecular weight excluding hydrogens is 282 g/mol. The number of nitrogens with one attached hydrogen (secondary N) is 1. The molecule has 0 saturated heterocycles. The van der Waals surface area contributed by atoms with Crippen molar-refractivity contribution in [1.82, 2.24) is 5.32 Å². The van der Waals surface area contributed by atoms with Gasteiger partial charge in [0.05, 0.1) is 6.54 Å². The van der Waals surface area contributed by atoms with Crippen molar-refractivity contribution in [2.75, 3.05) is 6.54 Å². The Balaban J connectivity index is 1.82. The second kappa shape index (κ2) is 5.71. The molecule has 1 aliphatic carbocycles. The highest BCUT2D eigenvalue weighted by molar-refractivity contribution is 6.30. The van der Waals surface area contributed by atoms with Crippen LogP contribution in [0.1, 0.15) is 19.8 Å². The number of carboxylic acids is 1. The Bertz CT molecular complexity index is 528. The highest BCUT2D eigenvalue weighted by atomic mass is 35.5. The molecule has 0 bridgehead atoms. The van der Waals surface area contributed by atoms with Crippen LogP contribution >= 0.6 is 11.6 Å². The summed E-state index contributed by atoms with van der Waals surface area (Å²) in [4.78, 5) is 22.8. The van der Waals surface area contributed by atoms with E-state index in [1.54, 1.807) is 31.2 Å². The molecule has 1 saturated carbocycles. The number of rotatable bonds is 6. The van der Waals surface area contributed by atoms with Crippen molar-refractivity contribution < 1.29 is 19.4 Å². The van der Waals surface area contributed by atoms with Crippen molar-refractivity contribution in [3.05, 3.63) is 29.3 Å². The van der Waals surface area contributed by atoms with Crippen LogP contribution in [0, 0.1) is 5.41 Å². The van der Waals surface area contributed by atoms with Crippen LogP contribution in [0.25, 0.3) is 0 Å². The number of carbonyl (C=O) groups excluding carboxylic acids is 1. The van der Waals surface area contributed by atoms with Gasteiger partial charge in [-0.1, -0.05) is 17.7 Å². The number of hydrogen-bond acceptors (Lipinski definition) is 3. The standard InChI is InChI=1S/C14H16ClNO4/c1-9(20-11-4-2-3-10(15)7-11)8-16-12(17)14(5-6-14)13(18)19/h2-4,7,9H,5-6,8H2,1H3,(H,16,17)(H,18,19). The van der Waals surface area contributed by atoms with Crippen molar-refractivity contribution in [2.24, 2.45) is 5.41 Å². The normalized spacial score (nSPS) is 17.1. The van der Waals surface area contributed by atoms with Crippen LogP contribution < -0.4 is 10.1 Å². The lowest BCUT2D eigenvalue weighted by molar-refractivity contribution is -0.149. The monoisotopic (exact) mass is 297 g/mol. The molecule has 1 atom stereocenters. The van der Waals surface area contributed by atoms with Gasteiger partial charge in [-0.15, -0.1) is 0 Å². The molecule has 0 radical (unpaired) electrons. The zero-order valence-electron chi connectivity index (χ0n) is 11.1. The summed E-state index contributed by atoms with van der Waals surface area (Å²) in [6.45, 7) is 2.04. The molecule has 20 heavy (non-hydrogen) atoms. The fourth-order valence-electron chi connectivity index (χ4n) is 1.88. The number of hydrogen-bond donors (Lipinski definition) is 2. The molecule has 2 N–H and O–H groups in total. The van der Waals surface area contributed by atoms with Gasteiger partial charge in [0, 0.05) is 5.02 Å². The average Bonchev–Trinajstić information content (AvgIpc) is 3.17. The topological polar surface area (TPSA) is 75.6 Å². The Labute approximate surface area is 121 Å². The van der Waals surface area contributed by atoms with E-state index < -0.39 is 17.3 Å². The average molecular weight is 298 g/mol. The summed E-state index contributed by atoms with van der Waals surface area (Å²) in [5, 5.41) is 12.2. The lowest BCUT2D eigenvalue weighted by Crippen LogP contribution is -2.41. The Hall–Kier alpha value is -1.75. The lowest BCUT2D eigenvalue weighted by atomic mass is 10.1. The SMILES string of the molecule is CC(CNC(=O)C1(C(=O)O)CC1)Oc1cccc(Cl)c1. The minimum Gasteiger partial charge on any atom is -0.489 e. The molecule has 0 spiro atoms. The molecule has 0 aliphatic heterocycles. The number of halogens is 1. The van der Waals surface area contributed by atoms with Gasteiger partial charge in [-0.2, -0.15) is 0 Å². The molecule has 1 amide bonds. The van der Waals surface area contributed by atoms with Gasteiger partial charge in [0.25, 0.3) is 0 Å². The summed E-state index contributed by atoms with van der Waals surface area (Å²) < 4.78 is 5.59. The number of aliphatic carboxylic acids is 1. The summed E-state index contributed by atoms with van der Waals surface area (Å²) in [6, 6.07) is 6.96. The third-order valence-electron chi connectivity index (χ3n) is 3.28. The number of amides is 1. The van der Waals surface area contributed by atoms with Gasteiger partial charge in [0.1, 0.15) is 17.3 Å². The summed E-state index contributed by atoms with van der Waals surface area (Å²) >= 11 is 5.84. The molecule has 108 valence electrons. The first-order chi connectivity index (χ1) is 9.44. The van der Waals surface area contributed by atoms with E-state index in [4.69, 9.17) is 21.4 Å². The van der Waals surface area contributed by atoms with E-state index >= 15 is 0 Å². The molecule has 1 unspecified atom stereocenters. The molecule has 1 aliphatic rings. The van der Waals surface area contributed by atoms with E-state index in [9.17, 15) is 9.59 Å². The van der Waals surface area contributed by atoms with E-state index in [-0.39, 0.29) is 12.6 Å². The maximum absolute atomic E-state index is 11.8. The van der Waals surface area contributed by atoms with E-state index in [1.807, 2.05) is 0 Å². The molecule has 6 heteroatoms. The summed E-state index contributed by atoms with van der Waals surface area (Å²) in [5.74, 6) is -0.886. The van der Waals surface area contributed by atoms with E-state index in [0.717, 1.165) is 0 Å². The molecule has 2 rings (SSSR count). The molecule has 1 aromatic rings. The van der Waals surface area contributed by atoms with Crippen LogP contribution in [-0.2, 0) is 9.59 Å². The number of ether oxygens (including phenoxy) is 1. The second-order valence-electron chi connectivity index (χ2n) is 4.98. The van der Waals surface area contributed by atoms with Gasteiger partial charge in [0.15, 0.2) is 0 Å². The van der Waals surface area contributed by atoms with Gasteiger partial charge in [0.2, 0.25) is 5.91 Å². The van der Waals surface area contributed by atoms with Gasteiger partial charge < -0.3 is 15.2 Å². The predicted molar refractivity (Wildman–Crippen MR) is 73.9 cm³/mol. The minimum absolute atomic E-state index is 0.250. The van der Waals surface area contributed by atoms with Crippen LogP contribution in [0.15, 0.2) is 24.3 Å². The second-order valence-corrected chi connectivity index (χ2v) is 5.42. The van der Waals surface area contributed by atoms with Gasteiger partial charge >= 0.3 is 5.97 Å². The zero-order chi connectivity index (χ0) is 14.8. The van der Waals surface area contributed by atoms with Crippen molar-refractivity contribution in [1.29, 1.82) is 0 Å². The van der Waals surface area contributed by atoms with Crippen LogP contribution in [0.2, 0.25) is 5.02 Å². The molecular formula is C14H16ClNO4. The van der Waals surface area contributed by atoms with E-state index in [2.05, 4.69) is 5.32 Å². The van der Waals surface area contributed by atoms with Crippen LogP contribution in [0.3, 0.4) is 0 Å². The Morgan fingerprint density at radius 3 is 2.75 bits per heavy atom. The van der Waals surface area contributed by atoms with Crippen LogP contribution in [0.5, 0.6) is 5.75 Å². The third-order valence-corrected chi connectivity index (χ3v) is 3.51. The summed E-state index contributed by atoms with van der Waals surface area (Å²) in [5.41, 5.74) is -1.21. The van der Waals surface area contributed by atoms with Crippen molar-refractivity contribution >= 4 is 23.5 Å². The summed E-state index contributed by atoms with van der Waals surface area (Å²) in [7, 11) is 0. The quantitative estimate of drug-likeness (QED) is 0.788.